The molecular weight excluding hydrogens is 627 g/mol. The van der Waals surface area contributed by atoms with Gasteiger partial charge < -0.3 is 4.90 Å². The monoisotopic (exact) mass is 673 g/mol. The highest BCUT2D eigenvalue weighted by Gasteiger charge is 2.38. The molecule has 2 unspecified atom stereocenters. The van der Waals surface area contributed by atoms with Gasteiger partial charge in [0.05, 0.1) is 0 Å². The molecular formula is C51H47N. The molecule has 0 aromatic heterocycles. The van der Waals surface area contributed by atoms with Crippen molar-refractivity contribution >= 4 is 17.1 Å². The van der Waals surface area contributed by atoms with Gasteiger partial charge in [-0.2, -0.15) is 0 Å². The predicted octanol–water partition coefficient (Wildman–Crippen LogP) is 14.3. The van der Waals surface area contributed by atoms with Crippen LogP contribution < -0.4 is 4.90 Å². The molecule has 0 fully saturated rings. The quantitative estimate of drug-likeness (QED) is 0.180. The lowest BCUT2D eigenvalue weighted by Crippen LogP contribution is -2.18. The summed E-state index contributed by atoms with van der Waals surface area (Å²) in [7, 11) is 0. The molecule has 7 aromatic rings. The number of anilines is 3. The summed E-state index contributed by atoms with van der Waals surface area (Å²) in [5.41, 5.74) is 20.0. The van der Waals surface area contributed by atoms with E-state index in [9.17, 15) is 0 Å². The van der Waals surface area contributed by atoms with Crippen LogP contribution in [0.2, 0.25) is 0 Å². The number of para-hydroxylation sites is 1. The van der Waals surface area contributed by atoms with Crippen LogP contribution in [-0.4, -0.2) is 0 Å². The molecule has 0 amide bonds. The number of fused-ring (bicyclic) bond motifs is 6. The van der Waals surface area contributed by atoms with Crippen molar-refractivity contribution in [3.8, 4) is 33.4 Å². The first-order chi connectivity index (χ1) is 25.2. The molecule has 0 aliphatic heterocycles. The van der Waals surface area contributed by atoms with Crippen molar-refractivity contribution in [2.24, 2.45) is 0 Å². The molecule has 2 aliphatic carbocycles. The smallest absolute Gasteiger partial charge is 0.0464 e. The van der Waals surface area contributed by atoms with Crippen molar-refractivity contribution in [1.82, 2.24) is 0 Å². The van der Waals surface area contributed by atoms with Crippen molar-refractivity contribution in [3.63, 3.8) is 0 Å². The number of benzene rings is 7. The van der Waals surface area contributed by atoms with E-state index in [1.54, 1.807) is 0 Å². The maximum absolute atomic E-state index is 2.54. The van der Waals surface area contributed by atoms with Crippen LogP contribution in [-0.2, 0) is 5.41 Å². The molecule has 1 nitrogen and oxygen atoms in total. The Morgan fingerprint density at radius 2 is 0.981 bits per heavy atom. The molecule has 0 saturated carbocycles. The standard InChI is InChI=1S/C44H39N.C7H8/c1-28-12-11-15-35(24-28)45(33-13-7-6-8-14-33)34-21-18-31(19-22-34)32-20-23-36-29(2)30(3)38-27-43-41(26-40(38)39(36)25-32)37-16-9-10-17-42(37)44(43,4)5;1-7-5-3-2-4-6-7/h6-27,29-30H,1-5H3;2-6H,1H3. The molecule has 1 heteroatoms. The van der Waals surface area contributed by atoms with Gasteiger partial charge in [-0.3, -0.25) is 0 Å². The lowest BCUT2D eigenvalue weighted by molar-refractivity contribution is 0.610. The molecule has 0 N–H and O–H groups in total. The summed E-state index contributed by atoms with van der Waals surface area (Å²) in [6, 6.07) is 59.9. The maximum atomic E-state index is 2.54. The molecule has 0 spiro atoms. The van der Waals surface area contributed by atoms with Gasteiger partial charge in [-0.1, -0.05) is 149 Å². The zero-order valence-electron chi connectivity index (χ0n) is 31.2. The molecule has 9 rings (SSSR count). The molecule has 2 aliphatic rings. The second-order valence-electron chi connectivity index (χ2n) is 15.2. The molecule has 52 heavy (non-hydrogen) atoms. The summed E-state index contributed by atoms with van der Waals surface area (Å²) >= 11 is 0. The largest absolute Gasteiger partial charge is 0.310 e. The topological polar surface area (TPSA) is 3.24 Å². The Bertz CT molecular complexity index is 2370. The molecule has 0 radical (unpaired) electrons. The van der Waals surface area contributed by atoms with E-state index >= 15 is 0 Å². The van der Waals surface area contributed by atoms with Gasteiger partial charge in [-0.15, -0.1) is 0 Å². The van der Waals surface area contributed by atoms with Crippen molar-refractivity contribution in [2.75, 3.05) is 4.90 Å². The van der Waals surface area contributed by atoms with Gasteiger partial charge in [-0.25, -0.2) is 0 Å². The second-order valence-corrected chi connectivity index (χ2v) is 15.2. The molecule has 0 saturated heterocycles. The van der Waals surface area contributed by atoms with E-state index in [1.807, 2.05) is 18.2 Å². The highest BCUT2D eigenvalue weighted by Crippen LogP contribution is 2.55. The van der Waals surface area contributed by atoms with E-state index in [0.717, 1.165) is 11.4 Å². The SMILES string of the molecule is Cc1cccc(N(c2ccccc2)c2ccc(-c3ccc4c(c3)-c3cc5c(cc3C(C)C4C)C(C)(C)c3ccccc3-5)cc2)c1.Cc1ccccc1. The fourth-order valence-corrected chi connectivity index (χ4v) is 8.41. The summed E-state index contributed by atoms with van der Waals surface area (Å²) in [6.07, 6.45) is 0. The first kappa shape index (κ1) is 33.5. The van der Waals surface area contributed by atoms with Gasteiger partial charge in [0.25, 0.3) is 0 Å². The van der Waals surface area contributed by atoms with Crippen LogP contribution in [0.1, 0.15) is 72.9 Å². The van der Waals surface area contributed by atoms with Crippen molar-refractivity contribution in [2.45, 2.75) is 58.8 Å². The van der Waals surface area contributed by atoms with Gasteiger partial charge in [0.2, 0.25) is 0 Å². The van der Waals surface area contributed by atoms with Crippen LogP contribution >= 0.6 is 0 Å². The first-order valence-electron chi connectivity index (χ1n) is 18.7. The molecule has 7 aromatic carbocycles. The van der Waals surface area contributed by atoms with Crippen LogP contribution in [0.25, 0.3) is 33.4 Å². The summed E-state index contributed by atoms with van der Waals surface area (Å²) < 4.78 is 0. The lowest BCUT2D eigenvalue weighted by atomic mass is 9.70. The third-order valence-corrected chi connectivity index (χ3v) is 11.5. The Kier molecular flexibility index (Phi) is 8.68. The minimum absolute atomic E-state index is 0.0138. The number of rotatable bonds is 4. The number of hydrogen-bond acceptors (Lipinski definition) is 1. The Hall–Kier alpha value is -5.66. The van der Waals surface area contributed by atoms with Gasteiger partial charge in [-0.05, 0) is 135 Å². The first-order valence-corrected chi connectivity index (χ1v) is 18.7. The minimum Gasteiger partial charge on any atom is -0.310 e. The Balaban J connectivity index is 0.000000497. The Morgan fingerprint density at radius 3 is 1.67 bits per heavy atom. The minimum atomic E-state index is 0.0138. The number of aryl methyl sites for hydroxylation is 2. The normalized spacial score (nSPS) is 16.0. The van der Waals surface area contributed by atoms with Gasteiger partial charge in [0, 0.05) is 22.5 Å². The van der Waals surface area contributed by atoms with E-state index in [2.05, 4.69) is 192 Å². The average Bonchev–Trinajstić information content (AvgIpc) is 3.40. The van der Waals surface area contributed by atoms with Crippen molar-refractivity contribution in [3.05, 3.63) is 197 Å². The number of nitrogens with zero attached hydrogens (tertiary/aromatic N) is 1. The maximum Gasteiger partial charge on any atom is 0.0464 e. The zero-order chi connectivity index (χ0) is 36.0. The molecule has 0 heterocycles. The van der Waals surface area contributed by atoms with Crippen LogP contribution in [0.4, 0.5) is 17.1 Å². The number of hydrogen-bond donors (Lipinski definition) is 0. The van der Waals surface area contributed by atoms with E-state index < -0.39 is 0 Å². The summed E-state index contributed by atoms with van der Waals surface area (Å²) in [5, 5.41) is 0. The summed E-state index contributed by atoms with van der Waals surface area (Å²) in [5.74, 6) is 0.927. The molecule has 0 bridgehead atoms. The summed E-state index contributed by atoms with van der Waals surface area (Å²) in [4.78, 5) is 2.34. The molecule has 2 atom stereocenters. The van der Waals surface area contributed by atoms with Crippen LogP contribution in [0.5, 0.6) is 0 Å². The van der Waals surface area contributed by atoms with E-state index in [0.29, 0.717) is 11.8 Å². The van der Waals surface area contributed by atoms with E-state index in [-0.39, 0.29) is 5.41 Å². The predicted molar refractivity (Wildman–Crippen MR) is 222 cm³/mol. The third kappa shape index (κ3) is 5.95. The van der Waals surface area contributed by atoms with Crippen LogP contribution in [0, 0.1) is 13.8 Å². The van der Waals surface area contributed by atoms with E-state index in [1.165, 1.54) is 72.4 Å². The van der Waals surface area contributed by atoms with Crippen molar-refractivity contribution < 1.29 is 0 Å². The van der Waals surface area contributed by atoms with Crippen LogP contribution in [0.3, 0.4) is 0 Å². The summed E-state index contributed by atoms with van der Waals surface area (Å²) in [6.45, 7) is 13.8. The highest BCUT2D eigenvalue weighted by molar-refractivity contribution is 5.89. The fourth-order valence-electron chi connectivity index (χ4n) is 8.41. The Morgan fingerprint density at radius 1 is 0.404 bits per heavy atom. The third-order valence-electron chi connectivity index (χ3n) is 11.5. The fraction of sp³-hybridized carbons (Fsp3) is 0.176. The highest BCUT2D eigenvalue weighted by atomic mass is 15.1. The average molecular weight is 674 g/mol. The van der Waals surface area contributed by atoms with Crippen molar-refractivity contribution in [1.29, 1.82) is 0 Å². The second kappa shape index (κ2) is 13.5. The zero-order valence-corrected chi connectivity index (χ0v) is 31.2. The van der Waals surface area contributed by atoms with Crippen LogP contribution in [0.15, 0.2) is 164 Å². The lowest BCUT2D eigenvalue weighted by Gasteiger charge is -2.33. The van der Waals surface area contributed by atoms with Gasteiger partial charge >= 0.3 is 0 Å². The Labute approximate surface area is 310 Å². The van der Waals surface area contributed by atoms with Gasteiger partial charge in [0.15, 0.2) is 0 Å². The van der Waals surface area contributed by atoms with E-state index in [4.69, 9.17) is 0 Å². The molecule has 256 valence electrons. The van der Waals surface area contributed by atoms with Gasteiger partial charge in [0.1, 0.15) is 0 Å².